The van der Waals surface area contributed by atoms with E-state index in [1.165, 1.54) is 11.8 Å². The Labute approximate surface area is 123 Å². The van der Waals surface area contributed by atoms with E-state index in [-0.39, 0.29) is 11.9 Å². The summed E-state index contributed by atoms with van der Waals surface area (Å²) in [6.45, 7) is 7.56. The summed E-state index contributed by atoms with van der Waals surface area (Å²) in [6.07, 6.45) is 0. The number of rotatable bonds is 4. The van der Waals surface area contributed by atoms with Gasteiger partial charge in [0.25, 0.3) is 5.22 Å². The van der Waals surface area contributed by atoms with E-state index < -0.39 is 0 Å². The number of benzene rings is 1. The second kappa shape index (κ2) is 5.97. The van der Waals surface area contributed by atoms with Gasteiger partial charge in [-0.25, -0.2) is 9.37 Å². The zero-order valence-corrected chi connectivity index (χ0v) is 13.2. The van der Waals surface area contributed by atoms with E-state index in [9.17, 15) is 4.39 Å². The molecule has 0 amide bonds. The van der Waals surface area contributed by atoms with Gasteiger partial charge >= 0.3 is 0 Å². The molecule has 0 bridgehead atoms. The van der Waals surface area contributed by atoms with E-state index in [0.717, 1.165) is 21.9 Å². The first kappa shape index (κ1) is 15.1. The fourth-order valence-electron chi connectivity index (χ4n) is 1.83. The van der Waals surface area contributed by atoms with Crippen molar-refractivity contribution in [2.75, 3.05) is 7.05 Å². The van der Waals surface area contributed by atoms with Gasteiger partial charge < -0.3 is 9.73 Å². The minimum absolute atomic E-state index is 0.0600. The summed E-state index contributed by atoms with van der Waals surface area (Å²) in [7, 11) is 1.86. The van der Waals surface area contributed by atoms with E-state index >= 15 is 0 Å². The van der Waals surface area contributed by atoms with Gasteiger partial charge in [0.1, 0.15) is 11.6 Å². The minimum Gasteiger partial charge on any atom is -0.436 e. The predicted molar refractivity (Wildman–Crippen MR) is 78.7 cm³/mol. The average molecular weight is 294 g/mol. The number of halogens is 1. The lowest BCUT2D eigenvalue weighted by Gasteiger charge is -2.15. The summed E-state index contributed by atoms with van der Waals surface area (Å²) < 4.78 is 19.4. The highest BCUT2D eigenvalue weighted by atomic mass is 32.2. The molecule has 0 radical (unpaired) electrons. The van der Waals surface area contributed by atoms with Crippen molar-refractivity contribution in [2.45, 2.75) is 43.9 Å². The van der Waals surface area contributed by atoms with E-state index in [2.05, 4.69) is 10.3 Å². The van der Waals surface area contributed by atoms with Crippen LogP contribution < -0.4 is 5.32 Å². The summed E-state index contributed by atoms with van der Waals surface area (Å²) >= 11 is 1.43. The van der Waals surface area contributed by atoms with Crippen molar-refractivity contribution < 1.29 is 8.81 Å². The van der Waals surface area contributed by atoms with E-state index in [1.807, 2.05) is 33.9 Å². The van der Waals surface area contributed by atoms with Crippen LogP contribution in [0, 0.1) is 26.6 Å². The molecule has 1 N–H and O–H groups in total. The van der Waals surface area contributed by atoms with Gasteiger partial charge in [0.05, 0.1) is 5.69 Å². The molecule has 20 heavy (non-hydrogen) atoms. The van der Waals surface area contributed by atoms with Crippen molar-refractivity contribution in [2.24, 2.45) is 0 Å². The van der Waals surface area contributed by atoms with Crippen LogP contribution >= 0.6 is 11.8 Å². The topological polar surface area (TPSA) is 38.1 Å². The van der Waals surface area contributed by atoms with Gasteiger partial charge in [-0.1, -0.05) is 0 Å². The molecule has 1 aromatic heterocycles. The molecule has 0 spiro atoms. The second-order valence-corrected chi connectivity index (χ2v) is 5.87. The summed E-state index contributed by atoms with van der Waals surface area (Å²) in [5, 5.41) is 3.73. The predicted octanol–water partition coefficient (Wildman–Crippen LogP) is 4.17. The largest absolute Gasteiger partial charge is 0.436 e. The van der Waals surface area contributed by atoms with Crippen molar-refractivity contribution in [1.82, 2.24) is 10.3 Å². The van der Waals surface area contributed by atoms with Gasteiger partial charge in [-0.05, 0) is 69.8 Å². The molecule has 5 heteroatoms. The van der Waals surface area contributed by atoms with Crippen LogP contribution in [0.1, 0.15) is 35.5 Å². The number of hydrogen-bond acceptors (Lipinski definition) is 4. The zero-order valence-electron chi connectivity index (χ0n) is 12.4. The van der Waals surface area contributed by atoms with Crippen LogP contribution in [-0.2, 0) is 0 Å². The first-order valence-corrected chi connectivity index (χ1v) is 7.33. The average Bonchev–Trinajstić information content (AvgIpc) is 2.71. The van der Waals surface area contributed by atoms with Gasteiger partial charge in [0.2, 0.25) is 0 Å². The third-order valence-electron chi connectivity index (χ3n) is 3.40. The summed E-state index contributed by atoms with van der Waals surface area (Å²) in [4.78, 5) is 5.33. The standard InChI is InChI=1S/C15H19FN2OS/c1-8-6-14(12(7-13(8)16)10(3)17-5)20-15-18-9(2)11(4)19-15/h6-7,10,17H,1-5H3. The summed E-state index contributed by atoms with van der Waals surface area (Å²) in [5.41, 5.74) is 2.42. The molecule has 108 valence electrons. The number of nitrogens with zero attached hydrogens (tertiary/aromatic N) is 1. The molecular weight excluding hydrogens is 275 g/mol. The SMILES string of the molecule is CNC(C)c1cc(F)c(C)cc1Sc1nc(C)c(C)o1. The summed E-state index contributed by atoms with van der Waals surface area (Å²) in [5.74, 6) is 0.626. The molecule has 0 aliphatic rings. The Bertz CT molecular complexity index is 605. The molecule has 1 aromatic carbocycles. The van der Waals surface area contributed by atoms with Crippen LogP contribution in [0.25, 0.3) is 0 Å². The minimum atomic E-state index is -0.189. The van der Waals surface area contributed by atoms with Crippen molar-refractivity contribution in [3.8, 4) is 0 Å². The van der Waals surface area contributed by atoms with Gasteiger partial charge in [-0.15, -0.1) is 0 Å². The third-order valence-corrected chi connectivity index (χ3v) is 4.32. The number of hydrogen-bond donors (Lipinski definition) is 1. The van der Waals surface area contributed by atoms with Gasteiger partial charge in [-0.3, -0.25) is 0 Å². The molecule has 2 rings (SSSR count). The van der Waals surface area contributed by atoms with Gasteiger partial charge in [0.15, 0.2) is 0 Å². The summed E-state index contributed by atoms with van der Waals surface area (Å²) in [6, 6.07) is 3.49. The normalized spacial score (nSPS) is 12.7. The van der Waals surface area contributed by atoms with E-state index in [4.69, 9.17) is 4.42 Å². The van der Waals surface area contributed by atoms with Crippen molar-refractivity contribution >= 4 is 11.8 Å². The Kier molecular flexibility index (Phi) is 4.50. The first-order valence-electron chi connectivity index (χ1n) is 6.51. The maximum atomic E-state index is 13.8. The molecule has 0 saturated carbocycles. The first-order chi connectivity index (χ1) is 9.42. The van der Waals surface area contributed by atoms with E-state index in [0.29, 0.717) is 10.8 Å². The second-order valence-electron chi connectivity index (χ2n) is 4.87. The Morgan fingerprint density at radius 1 is 1.30 bits per heavy atom. The number of nitrogens with one attached hydrogen (secondary N) is 1. The zero-order chi connectivity index (χ0) is 14.9. The maximum Gasteiger partial charge on any atom is 0.261 e. The van der Waals surface area contributed by atoms with Crippen molar-refractivity contribution in [3.05, 3.63) is 40.5 Å². The molecule has 2 aromatic rings. The molecule has 3 nitrogen and oxygen atoms in total. The Balaban J connectivity index is 2.41. The molecule has 0 saturated heterocycles. The molecule has 0 fully saturated rings. The molecule has 1 heterocycles. The van der Waals surface area contributed by atoms with Crippen molar-refractivity contribution in [3.63, 3.8) is 0 Å². The molecular formula is C15H19FN2OS. The Morgan fingerprint density at radius 2 is 2.00 bits per heavy atom. The van der Waals surface area contributed by atoms with Crippen LogP contribution in [-0.4, -0.2) is 12.0 Å². The molecule has 1 unspecified atom stereocenters. The quantitative estimate of drug-likeness (QED) is 0.918. The van der Waals surface area contributed by atoms with Crippen LogP contribution in [0.4, 0.5) is 4.39 Å². The highest BCUT2D eigenvalue weighted by molar-refractivity contribution is 7.99. The Morgan fingerprint density at radius 3 is 2.55 bits per heavy atom. The number of aryl methyl sites for hydroxylation is 3. The van der Waals surface area contributed by atoms with Gasteiger partial charge in [-0.2, -0.15) is 0 Å². The lowest BCUT2D eigenvalue weighted by atomic mass is 10.1. The van der Waals surface area contributed by atoms with E-state index in [1.54, 1.807) is 13.0 Å². The lowest BCUT2D eigenvalue weighted by Crippen LogP contribution is -2.13. The van der Waals surface area contributed by atoms with Crippen LogP contribution in [0.15, 0.2) is 26.7 Å². The maximum absolute atomic E-state index is 13.8. The van der Waals surface area contributed by atoms with Crippen LogP contribution in [0.3, 0.4) is 0 Å². The van der Waals surface area contributed by atoms with Crippen LogP contribution in [0.2, 0.25) is 0 Å². The smallest absolute Gasteiger partial charge is 0.261 e. The third kappa shape index (κ3) is 3.04. The molecule has 0 aliphatic carbocycles. The molecule has 1 atom stereocenters. The lowest BCUT2D eigenvalue weighted by molar-refractivity contribution is 0.431. The highest BCUT2D eigenvalue weighted by Gasteiger charge is 2.16. The number of oxazole rings is 1. The fourth-order valence-corrected chi connectivity index (χ4v) is 2.96. The monoisotopic (exact) mass is 294 g/mol. The fraction of sp³-hybridized carbons (Fsp3) is 0.400. The van der Waals surface area contributed by atoms with Crippen molar-refractivity contribution in [1.29, 1.82) is 0 Å². The van der Waals surface area contributed by atoms with Gasteiger partial charge in [0, 0.05) is 10.9 Å². The Hall–Kier alpha value is -1.33. The highest BCUT2D eigenvalue weighted by Crippen LogP contribution is 2.35. The number of aromatic nitrogens is 1. The van der Waals surface area contributed by atoms with Crippen LogP contribution in [0.5, 0.6) is 0 Å². The molecule has 0 aliphatic heterocycles.